The highest BCUT2D eigenvalue weighted by molar-refractivity contribution is 6.31. The van der Waals surface area contributed by atoms with Gasteiger partial charge < -0.3 is 14.2 Å². The van der Waals surface area contributed by atoms with E-state index in [-0.39, 0.29) is 18.0 Å². The Morgan fingerprint density at radius 2 is 1.93 bits per heavy atom. The Bertz CT molecular complexity index is 947. The molecule has 5 nitrogen and oxygen atoms in total. The third-order valence-electron chi connectivity index (χ3n) is 4.76. The number of ether oxygens (including phenoxy) is 1. The number of fused-ring (bicyclic) bond motifs is 1. The Morgan fingerprint density at radius 1 is 1.24 bits per heavy atom. The third-order valence-corrected chi connectivity index (χ3v) is 4.99. The number of halogens is 4. The van der Waals surface area contributed by atoms with E-state index in [9.17, 15) is 22.8 Å². The van der Waals surface area contributed by atoms with Crippen molar-refractivity contribution in [3.8, 4) is 0 Å². The highest BCUT2D eigenvalue weighted by Gasteiger charge is 2.41. The topological polar surface area (TPSA) is 51.5 Å². The van der Waals surface area contributed by atoms with Crippen LogP contribution in [0, 0.1) is 0 Å². The van der Waals surface area contributed by atoms with Crippen molar-refractivity contribution >= 4 is 34.4 Å². The molecule has 1 saturated heterocycles. The molecule has 0 saturated carbocycles. The lowest BCUT2D eigenvalue weighted by Gasteiger charge is -2.29. The molecule has 1 aliphatic heterocycles. The van der Waals surface area contributed by atoms with Crippen LogP contribution in [-0.4, -0.2) is 45.7 Å². The standard InChI is InChI=1S/C20H22ClF3N2O3/c1-19(2,3)29-18(28)26-8-4-5-13(26)10-25-11-15(17(27)20(22,23)24)14-7-6-12(21)9-16(14)25/h6-7,9,11,13H,4-5,8,10H2,1-3H3. The van der Waals surface area contributed by atoms with Crippen LogP contribution < -0.4 is 0 Å². The van der Waals surface area contributed by atoms with Gasteiger partial charge in [-0.1, -0.05) is 17.7 Å². The van der Waals surface area contributed by atoms with E-state index in [1.807, 2.05) is 0 Å². The Labute approximate surface area is 171 Å². The molecular weight excluding hydrogens is 409 g/mol. The summed E-state index contributed by atoms with van der Waals surface area (Å²) in [5.41, 5.74) is -0.656. The number of ketones is 1. The number of hydrogen-bond acceptors (Lipinski definition) is 3. The van der Waals surface area contributed by atoms with Gasteiger partial charge in [0.25, 0.3) is 5.78 Å². The zero-order chi connectivity index (χ0) is 21.6. The van der Waals surface area contributed by atoms with Crippen LogP contribution in [0.5, 0.6) is 0 Å². The van der Waals surface area contributed by atoms with Gasteiger partial charge in [-0.3, -0.25) is 4.79 Å². The molecule has 9 heteroatoms. The Morgan fingerprint density at radius 3 is 2.55 bits per heavy atom. The molecule has 158 valence electrons. The minimum Gasteiger partial charge on any atom is -0.444 e. The number of likely N-dealkylation sites (tertiary alicyclic amines) is 1. The van der Waals surface area contributed by atoms with E-state index in [4.69, 9.17) is 16.3 Å². The summed E-state index contributed by atoms with van der Waals surface area (Å²) in [5.74, 6) is -1.90. The molecule has 29 heavy (non-hydrogen) atoms. The Kier molecular flexibility index (Phi) is 5.60. The lowest BCUT2D eigenvalue weighted by atomic mass is 10.1. The van der Waals surface area contributed by atoms with Crippen LogP contribution in [0.2, 0.25) is 5.02 Å². The van der Waals surface area contributed by atoms with Crippen molar-refractivity contribution in [1.82, 2.24) is 9.47 Å². The van der Waals surface area contributed by atoms with E-state index in [2.05, 4.69) is 0 Å². The molecule has 2 heterocycles. The van der Waals surface area contributed by atoms with E-state index in [0.29, 0.717) is 23.5 Å². The maximum Gasteiger partial charge on any atom is 0.454 e. The van der Waals surface area contributed by atoms with Crippen molar-refractivity contribution in [2.45, 2.75) is 58.0 Å². The van der Waals surface area contributed by atoms with Crippen molar-refractivity contribution in [3.63, 3.8) is 0 Å². The van der Waals surface area contributed by atoms with Crippen LogP contribution in [0.25, 0.3) is 10.9 Å². The van der Waals surface area contributed by atoms with Gasteiger partial charge in [0.05, 0.1) is 17.1 Å². The van der Waals surface area contributed by atoms with Crippen molar-refractivity contribution in [2.24, 2.45) is 0 Å². The van der Waals surface area contributed by atoms with Crippen LogP contribution in [0.15, 0.2) is 24.4 Å². The van der Waals surface area contributed by atoms with E-state index < -0.39 is 29.2 Å². The summed E-state index contributed by atoms with van der Waals surface area (Å²) in [7, 11) is 0. The highest BCUT2D eigenvalue weighted by Crippen LogP contribution is 2.31. The zero-order valence-corrected chi connectivity index (χ0v) is 17.1. The molecule has 1 aliphatic rings. The fraction of sp³-hybridized carbons (Fsp3) is 0.500. The Hall–Kier alpha value is -2.22. The van der Waals surface area contributed by atoms with Crippen LogP contribution in [0.1, 0.15) is 44.0 Å². The SMILES string of the molecule is CC(C)(C)OC(=O)N1CCCC1Cn1cc(C(=O)C(F)(F)F)c2ccc(Cl)cc21. The van der Waals surface area contributed by atoms with Gasteiger partial charge >= 0.3 is 12.3 Å². The van der Waals surface area contributed by atoms with E-state index in [0.717, 1.165) is 6.42 Å². The van der Waals surface area contributed by atoms with Gasteiger partial charge in [-0.25, -0.2) is 4.79 Å². The first-order chi connectivity index (χ1) is 13.4. The summed E-state index contributed by atoms with van der Waals surface area (Å²) in [6.45, 7) is 6.06. The Balaban J connectivity index is 1.94. The summed E-state index contributed by atoms with van der Waals surface area (Å²) >= 11 is 6.03. The van der Waals surface area contributed by atoms with Gasteiger partial charge in [0.15, 0.2) is 0 Å². The molecule has 0 radical (unpaired) electrons. The van der Waals surface area contributed by atoms with Crippen molar-refractivity contribution in [3.05, 3.63) is 35.0 Å². The first-order valence-electron chi connectivity index (χ1n) is 9.26. The van der Waals surface area contributed by atoms with Crippen molar-refractivity contribution < 1.29 is 27.5 Å². The second kappa shape index (κ2) is 7.55. The van der Waals surface area contributed by atoms with Gasteiger partial charge in [-0.2, -0.15) is 13.2 Å². The second-order valence-corrected chi connectivity index (χ2v) is 8.59. The first kappa shape index (κ1) is 21.5. The van der Waals surface area contributed by atoms with Crippen molar-refractivity contribution in [1.29, 1.82) is 0 Å². The van der Waals surface area contributed by atoms with Gasteiger partial charge in [-0.05, 0) is 45.7 Å². The molecular formula is C20H22ClF3N2O3. The van der Waals surface area contributed by atoms with Crippen LogP contribution in [-0.2, 0) is 11.3 Å². The van der Waals surface area contributed by atoms with Gasteiger partial charge in [0.2, 0.25) is 0 Å². The maximum absolute atomic E-state index is 13.0. The smallest absolute Gasteiger partial charge is 0.444 e. The van der Waals surface area contributed by atoms with Gasteiger partial charge in [0, 0.05) is 29.7 Å². The third kappa shape index (κ3) is 4.69. The summed E-state index contributed by atoms with van der Waals surface area (Å²) in [6.07, 6.45) is -2.79. The minimum absolute atomic E-state index is 0.179. The fourth-order valence-electron chi connectivity index (χ4n) is 3.56. The fourth-order valence-corrected chi connectivity index (χ4v) is 3.73. The van der Waals surface area contributed by atoms with Crippen LogP contribution in [0.4, 0.5) is 18.0 Å². The number of rotatable bonds is 3. The van der Waals surface area contributed by atoms with E-state index in [1.165, 1.54) is 24.4 Å². The predicted octanol–water partition coefficient (Wildman–Crippen LogP) is 5.44. The quantitative estimate of drug-likeness (QED) is 0.609. The minimum atomic E-state index is -4.98. The number of nitrogens with zero attached hydrogens (tertiary/aromatic N) is 2. The predicted molar refractivity (Wildman–Crippen MR) is 103 cm³/mol. The molecule has 0 spiro atoms. The lowest BCUT2D eigenvalue weighted by Crippen LogP contribution is -2.41. The van der Waals surface area contributed by atoms with E-state index >= 15 is 0 Å². The molecule has 1 aromatic heterocycles. The van der Waals surface area contributed by atoms with Crippen LogP contribution in [0.3, 0.4) is 0 Å². The average molecular weight is 431 g/mol. The van der Waals surface area contributed by atoms with Gasteiger partial charge in [-0.15, -0.1) is 0 Å². The second-order valence-electron chi connectivity index (χ2n) is 8.15. The molecule has 0 bridgehead atoms. The van der Waals surface area contributed by atoms with Gasteiger partial charge in [0.1, 0.15) is 5.60 Å². The number of Topliss-reactive ketones (excluding diaryl/α,β-unsaturated/α-hetero) is 1. The number of carbonyl (C=O) groups is 2. The molecule has 1 unspecified atom stereocenters. The number of aromatic nitrogens is 1. The van der Waals surface area contributed by atoms with Crippen molar-refractivity contribution in [2.75, 3.05) is 6.54 Å². The lowest BCUT2D eigenvalue weighted by molar-refractivity contribution is -0.0884. The molecule has 1 amide bonds. The first-order valence-corrected chi connectivity index (χ1v) is 9.64. The zero-order valence-electron chi connectivity index (χ0n) is 16.3. The number of amides is 1. The number of benzene rings is 1. The maximum atomic E-state index is 13.0. The molecule has 1 fully saturated rings. The molecule has 0 aliphatic carbocycles. The number of alkyl halides is 3. The number of hydrogen-bond donors (Lipinski definition) is 0. The summed E-state index contributed by atoms with van der Waals surface area (Å²) in [4.78, 5) is 26.0. The summed E-state index contributed by atoms with van der Waals surface area (Å²) < 4.78 is 46.1. The molecule has 0 N–H and O–H groups in total. The summed E-state index contributed by atoms with van der Waals surface area (Å²) in [5, 5.41) is 0.525. The molecule has 3 rings (SSSR count). The van der Waals surface area contributed by atoms with Crippen LogP contribution >= 0.6 is 11.6 Å². The molecule has 2 aromatic rings. The normalized spacial score (nSPS) is 17.8. The van der Waals surface area contributed by atoms with E-state index in [1.54, 1.807) is 30.2 Å². The monoisotopic (exact) mass is 430 g/mol. The highest BCUT2D eigenvalue weighted by atomic mass is 35.5. The summed E-state index contributed by atoms with van der Waals surface area (Å²) in [6, 6.07) is 4.13. The molecule has 1 aromatic carbocycles. The average Bonchev–Trinajstić information content (AvgIpc) is 3.17. The largest absolute Gasteiger partial charge is 0.454 e. The molecule has 1 atom stereocenters. The number of carbonyl (C=O) groups excluding carboxylic acids is 2.